The number of rotatable bonds is 6. The third-order valence-electron chi connectivity index (χ3n) is 6.07. The highest BCUT2D eigenvalue weighted by Crippen LogP contribution is 2.36. The van der Waals surface area contributed by atoms with Gasteiger partial charge in [-0.05, 0) is 53.2 Å². The standard InChI is InChI=1S/C24H14ClF6N5O4S2/c25-16-3-2-14(17(9-16)23(26,27)28)11-35-18-4-1-13(7-15(18)10-33-35)8-19-21(37)34(22(38)41-19)12-20-32-5-6-36(20)42(39,40)24(29,30)31/h1-10H,11-12H2/b19-8-. The number of hydrogen-bond acceptors (Lipinski definition) is 7. The lowest BCUT2D eigenvalue weighted by Gasteiger charge is -2.15. The van der Waals surface area contributed by atoms with Gasteiger partial charge in [-0.3, -0.25) is 19.2 Å². The molecule has 0 bridgehead atoms. The van der Waals surface area contributed by atoms with Gasteiger partial charge >= 0.3 is 21.7 Å². The van der Waals surface area contributed by atoms with E-state index in [1.54, 1.807) is 12.1 Å². The Balaban J connectivity index is 1.38. The average Bonchev–Trinajstić information content (AvgIpc) is 3.59. The first-order valence-electron chi connectivity index (χ1n) is 11.5. The summed E-state index contributed by atoms with van der Waals surface area (Å²) in [6, 6.07) is 8.09. The van der Waals surface area contributed by atoms with E-state index in [1.807, 2.05) is 0 Å². The first-order chi connectivity index (χ1) is 19.6. The van der Waals surface area contributed by atoms with E-state index in [2.05, 4.69) is 10.1 Å². The average molecular weight is 650 g/mol. The van der Waals surface area contributed by atoms with Crippen LogP contribution in [-0.2, 0) is 34.1 Å². The summed E-state index contributed by atoms with van der Waals surface area (Å²) in [5, 5.41) is 3.74. The van der Waals surface area contributed by atoms with Gasteiger partial charge in [0.05, 0.1) is 35.3 Å². The lowest BCUT2D eigenvalue weighted by atomic mass is 10.1. The van der Waals surface area contributed by atoms with Crippen LogP contribution in [0.5, 0.6) is 0 Å². The summed E-state index contributed by atoms with van der Waals surface area (Å²) < 4.78 is 104. The molecule has 0 saturated carbocycles. The number of aromatic nitrogens is 4. The number of thioether (sulfide) groups is 1. The Bertz CT molecular complexity index is 1880. The number of amides is 2. The number of carbonyl (C=O) groups is 2. The van der Waals surface area contributed by atoms with Gasteiger partial charge in [-0.1, -0.05) is 23.7 Å². The number of carbonyl (C=O) groups excluding carboxylic acids is 2. The van der Waals surface area contributed by atoms with E-state index >= 15 is 0 Å². The Kier molecular flexibility index (Phi) is 7.39. The van der Waals surface area contributed by atoms with Crippen LogP contribution < -0.4 is 0 Å². The Hall–Kier alpha value is -3.83. The highest BCUT2D eigenvalue weighted by Gasteiger charge is 2.48. The molecule has 1 fully saturated rings. The molecule has 0 N–H and O–H groups in total. The summed E-state index contributed by atoms with van der Waals surface area (Å²) in [4.78, 5) is 29.4. The molecule has 0 radical (unpaired) electrons. The van der Waals surface area contributed by atoms with Crippen molar-refractivity contribution in [1.82, 2.24) is 23.6 Å². The molecule has 4 aromatic rings. The van der Waals surface area contributed by atoms with Gasteiger partial charge in [-0.25, -0.2) is 8.96 Å². The number of imidazole rings is 1. The molecule has 220 valence electrons. The predicted molar refractivity (Wildman–Crippen MR) is 139 cm³/mol. The number of fused-ring (bicyclic) bond motifs is 1. The van der Waals surface area contributed by atoms with Crippen LogP contribution in [0.15, 0.2) is 59.9 Å². The molecule has 2 aromatic heterocycles. The summed E-state index contributed by atoms with van der Waals surface area (Å²) in [6.45, 7) is -1.05. The van der Waals surface area contributed by atoms with Crippen molar-refractivity contribution in [3.8, 4) is 0 Å². The van der Waals surface area contributed by atoms with Crippen molar-refractivity contribution in [2.45, 2.75) is 24.8 Å². The molecule has 2 amide bonds. The molecule has 0 unspecified atom stereocenters. The molecule has 42 heavy (non-hydrogen) atoms. The van der Waals surface area contributed by atoms with E-state index in [1.165, 1.54) is 35.2 Å². The van der Waals surface area contributed by atoms with Gasteiger partial charge in [0.2, 0.25) is 0 Å². The number of halogens is 7. The number of benzene rings is 2. The maximum atomic E-state index is 13.5. The van der Waals surface area contributed by atoms with E-state index in [0.717, 1.165) is 12.3 Å². The fourth-order valence-electron chi connectivity index (χ4n) is 4.13. The highest BCUT2D eigenvalue weighted by atomic mass is 35.5. The molecule has 3 heterocycles. The highest BCUT2D eigenvalue weighted by molar-refractivity contribution is 8.18. The van der Waals surface area contributed by atoms with Crippen LogP contribution in [0.3, 0.4) is 0 Å². The molecule has 1 aliphatic rings. The zero-order valence-electron chi connectivity index (χ0n) is 20.5. The van der Waals surface area contributed by atoms with Gasteiger partial charge in [0.25, 0.3) is 11.1 Å². The molecule has 2 aromatic carbocycles. The van der Waals surface area contributed by atoms with Crippen molar-refractivity contribution in [3.05, 3.63) is 87.4 Å². The Labute approximate surface area is 241 Å². The van der Waals surface area contributed by atoms with Crippen LogP contribution in [0.1, 0.15) is 22.5 Å². The quantitative estimate of drug-likeness (QED) is 0.189. The summed E-state index contributed by atoms with van der Waals surface area (Å²) in [5.74, 6) is -1.58. The van der Waals surface area contributed by atoms with Crippen LogP contribution >= 0.6 is 23.4 Å². The van der Waals surface area contributed by atoms with Crippen LogP contribution in [0, 0.1) is 0 Å². The molecule has 0 aliphatic carbocycles. The topological polar surface area (TPSA) is 107 Å². The summed E-state index contributed by atoms with van der Waals surface area (Å²) in [7, 11) is -5.84. The molecular formula is C24H14ClF6N5O4S2. The van der Waals surface area contributed by atoms with Crippen LogP contribution in [0.4, 0.5) is 31.1 Å². The van der Waals surface area contributed by atoms with Gasteiger partial charge in [0.15, 0.2) is 0 Å². The minimum atomic E-state index is -5.84. The Morgan fingerprint density at radius 2 is 1.74 bits per heavy atom. The second-order valence-corrected chi connectivity index (χ2v) is 12.0. The van der Waals surface area contributed by atoms with Crippen LogP contribution in [-0.4, -0.2) is 48.7 Å². The number of nitrogens with zero attached hydrogens (tertiary/aromatic N) is 5. The lowest BCUT2D eigenvalue weighted by Crippen LogP contribution is -2.34. The van der Waals surface area contributed by atoms with E-state index in [0.29, 0.717) is 39.3 Å². The summed E-state index contributed by atoms with van der Waals surface area (Å²) >= 11 is 6.23. The minimum absolute atomic E-state index is 0.0571. The van der Waals surface area contributed by atoms with Gasteiger partial charge in [-0.2, -0.15) is 39.9 Å². The van der Waals surface area contributed by atoms with E-state index in [-0.39, 0.29) is 26.0 Å². The largest absolute Gasteiger partial charge is 0.517 e. The third kappa shape index (κ3) is 5.50. The molecule has 9 nitrogen and oxygen atoms in total. The van der Waals surface area contributed by atoms with Gasteiger partial charge < -0.3 is 0 Å². The second kappa shape index (κ2) is 10.5. The molecule has 0 spiro atoms. The predicted octanol–water partition coefficient (Wildman–Crippen LogP) is 5.89. The molecular weight excluding hydrogens is 636 g/mol. The SMILES string of the molecule is O=C1S/C(=C\c2ccc3c(cnn3Cc3ccc(Cl)cc3C(F)(F)F)c2)C(=O)N1Cc1nccn1S(=O)(=O)C(F)(F)F. The van der Waals surface area contributed by atoms with Crippen molar-refractivity contribution >= 4 is 61.5 Å². The molecule has 1 saturated heterocycles. The van der Waals surface area contributed by atoms with E-state index in [9.17, 15) is 44.3 Å². The molecule has 5 rings (SSSR count). The van der Waals surface area contributed by atoms with Crippen LogP contribution in [0.25, 0.3) is 17.0 Å². The molecule has 1 aliphatic heterocycles. The number of imide groups is 1. The zero-order valence-corrected chi connectivity index (χ0v) is 22.9. The van der Waals surface area contributed by atoms with Crippen molar-refractivity contribution in [1.29, 1.82) is 0 Å². The van der Waals surface area contributed by atoms with E-state index < -0.39 is 50.8 Å². The Morgan fingerprint density at radius 3 is 2.43 bits per heavy atom. The second-order valence-electron chi connectivity index (χ2n) is 8.78. The maximum Gasteiger partial charge on any atom is 0.517 e. The summed E-state index contributed by atoms with van der Waals surface area (Å²) in [5.41, 5.74) is -5.71. The minimum Gasteiger partial charge on any atom is -0.268 e. The molecule has 18 heteroatoms. The van der Waals surface area contributed by atoms with E-state index in [4.69, 9.17) is 11.6 Å². The van der Waals surface area contributed by atoms with Gasteiger partial charge in [0.1, 0.15) is 5.82 Å². The monoisotopic (exact) mass is 649 g/mol. The van der Waals surface area contributed by atoms with Crippen molar-refractivity contribution in [3.63, 3.8) is 0 Å². The van der Waals surface area contributed by atoms with Crippen molar-refractivity contribution in [2.75, 3.05) is 0 Å². The van der Waals surface area contributed by atoms with Gasteiger partial charge in [0, 0.05) is 22.8 Å². The van der Waals surface area contributed by atoms with Crippen molar-refractivity contribution < 1.29 is 44.3 Å². The van der Waals surface area contributed by atoms with Crippen LogP contribution in [0.2, 0.25) is 5.02 Å². The number of hydrogen-bond donors (Lipinski definition) is 0. The third-order valence-corrected chi connectivity index (χ3v) is 8.64. The van der Waals surface area contributed by atoms with Gasteiger partial charge in [-0.15, -0.1) is 0 Å². The first-order valence-corrected chi connectivity index (χ1v) is 14.1. The van der Waals surface area contributed by atoms with Crippen molar-refractivity contribution in [2.24, 2.45) is 0 Å². The lowest BCUT2D eigenvalue weighted by molar-refractivity contribution is -0.138. The smallest absolute Gasteiger partial charge is 0.268 e. The number of alkyl halides is 6. The normalized spacial score (nSPS) is 15.9. The fourth-order valence-corrected chi connectivity index (χ4v) is 5.96. The summed E-state index contributed by atoms with van der Waals surface area (Å²) in [6.07, 6.45) is -0.547. The fraction of sp³-hybridized carbons (Fsp3) is 0.167. The molecule has 0 atom stereocenters. The zero-order chi connectivity index (χ0) is 30.6. The maximum absolute atomic E-state index is 13.5. The first kappa shape index (κ1) is 29.7. The Morgan fingerprint density at radius 1 is 1.00 bits per heavy atom.